The Bertz CT molecular complexity index is 1010. The molecule has 0 atom stereocenters. The molecule has 1 aromatic carbocycles. The number of hydrogen-bond acceptors (Lipinski definition) is 7. The zero-order chi connectivity index (χ0) is 19.8. The third-order valence-corrected chi connectivity index (χ3v) is 5.40. The molecule has 11 heteroatoms. The lowest BCUT2D eigenvalue weighted by atomic mass is 10.1. The molecule has 10 nitrogen and oxygen atoms in total. The van der Waals surface area contributed by atoms with Crippen molar-refractivity contribution in [3.63, 3.8) is 0 Å². The van der Waals surface area contributed by atoms with Gasteiger partial charge in [-0.05, 0) is 12.1 Å². The van der Waals surface area contributed by atoms with Crippen LogP contribution in [0.1, 0.15) is 10.5 Å². The van der Waals surface area contributed by atoms with E-state index in [1.807, 2.05) is 0 Å². The number of aromatic nitrogens is 2. The fourth-order valence-electron chi connectivity index (χ4n) is 2.91. The molecule has 1 aromatic heterocycles. The number of carbonyl (C=O) groups is 1. The van der Waals surface area contributed by atoms with E-state index in [0.717, 1.165) is 12.3 Å². The molecule has 1 aliphatic rings. The molecule has 144 valence electrons. The van der Waals surface area contributed by atoms with Gasteiger partial charge in [-0.15, -0.1) is 0 Å². The van der Waals surface area contributed by atoms with Crippen molar-refractivity contribution >= 4 is 21.4 Å². The second-order valence-electron chi connectivity index (χ2n) is 6.15. The average molecular weight is 394 g/mol. The molecule has 3 rings (SSSR count). The predicted molar refractivity (Wildman–Crippen MR) is 95.1 cm³/mol. The number of nitrogens with zero attached hydrogens (tertiary/aromatic N) is 4. The topological polar surface area (TPSA) is 125 Å². The standard InChI is InChI=1S/C16H18N4O6S/c1-18-14(10-13(17-18)16(21)19-5-7-26-8-6-19)12-9-11(20(22)23)3-4-15(12)27(2,24)25/h3-4,9-10H,5-8H2,1-2H3. The number of aryl methyl sites for hydroxylation is 1. The Kier molecular flexibility index (Phi) is 4.98. The Labute approximate surface area is 155 Å². The lowest BCUT2D eigenvalue weighted by molar-refractivity contribution is -0.384. The number of hydrogen-bond donors (Lipinski definition) is 0. The number of rotatable bonds is 4. The fraction of sp³-hybridized carbons (Fsp3) is 0.375. The van der Waals surface area contributed by atoms with Crippen molar-refractivity contribution in [3.8, 4) is 11.3 Å². The molecule has 0 aliphatic carbocycles. The van der Waals surface area contributed by atoms with E-state index in [-0.39, 0.29) is 27.7 Å². The lowest BCUT2D eigenvalue weighted by Gasteiger charge is -2.25. The Hall–Kier alpha value is -2.79. The molecule has 2 heterocycles. The van der Waals surface area contributed by atoms with Gasteiger partial charge in [-0.25, -0.2) is 8.42 Å². The van der Waals surface area contributed by atoms with Gasteiger partial charge in [0.25, 0.3) is 11.6 Å². The number of ether oxygens (including phenoxy) is 1. The number of carbonyl (C=O) groups excluding carboxylic acids is 1. The van der Waals surface area contributed by atoms with Crippen molar-refractivity contribution in [1.82, 2.24) is 14.7 Å². The van der Waals surface area contributed by atoms with Gasteiger partial charge >= 0.3 is 0 Å². The largest absolute Gasteiger partial charge is 0.378 e. The van der Waals surface area contributed by atoms with Gasteiger partial charge in [0, 0.05) is 44.1 Å². The molecule has 1 aliphatic heterocycles. The molecular formula is C16H18N4O6S. The van der Waals surface area contributed by atoms with Crippen LogP contribution < -0.4 is 0 Å². The highest BCUT2D eigenvalue weighted by molar-refractivity contribution is 7.90. The highest BCUT2D eigenvalue weighted by atomic mass is 32.2. The van der Waals surface area contributed by atoms with Gasteiger partial charge in [0.1, 0.15) is 0 Å². The Morgan fingerprint density at radius 2 is 1.93 bits per heavy atom. The van der Waals surface area contributed by atoms with Crippen LogP contribution >= 0.6 is 0 Å². The number of amides is 1. The maximum atomic E-state index is 12.6. The first-order chi connectivity index (χ1) is 12.7. The normalized spacial score (nSPS) is 15.0. The van der Waals surface area contributed by atoms with Crippen LogP contribution in [0.15, 0.2) is 29.2 Å². The molecule has 27 heavy (non-hydrogen) atoms. The fourth-order valence-corrected chi connectivity index (χ4v) is 3.79. The smallest absolute Gasteiger partial charge is 0.274 e. The van der Waals surface area contributed by atoms with E-state index in [1.165, 1.54) is 22.9 Å². The molecule has 1 saturated heterocycles. The summed E-state index contributed by atoms with van der Waals surface area (Å²) < 4.78 is 30.8. The molecule has 0 N–H and O–H groups in total. The summed E-state index contributed by atoms with van der Waals surface area (Å²) in [6, 6.07) is 4.96. The van der Waals surface area contributed by atoms with Crippen molar-refractivity contribution < 1.29 is 22.9 Å². The van der Waals surface area contributed by atoms with Crippen LogP contribution in [-0.2, 0) is 21.6 Å². The minimum absolute atomic E-state index is 0.0681. The van der Waals surface area contributed by atoms with Crippen LogP contribution in [0.2, 0.25) is 0 Å². The van der Waals surface area contributed by atoms with Gasteiger partial charge in [-0.2, -0.15) is 5.10 Å². The van der Waals surface area contributed by atoms with E-state index in [4.69, 9.17) is 4.74 Å². The summed E-state index contributed by atoms with van der Waals surface area (Å²) in [5, 5.41) is 15.3. The first-order valence-electron chi connectivity index (χ1n) is 8.08. The average Bonchev–Trinajstić information content (AvgIpc) is 3.02. The minimum Gasteiger partial charge on any atom is -0.378 e. The van der Waals surface area contributed by atoms with Crippen LogP contribution in [0.25, 0.3) is 11.3 Å². The van der Waals surface area contributed by atoms with E-state index in [2.05, 4.69) is 5.10 Å². The molecule has 0 bridgehead atoms. The molecule has 0 spiro atoms. The highest BCUT2D eigenvalue weighted by Gasteiger charge is 2.25. The van der Waals surface area contributed by atoms with Crippen LogP contribution in [0.5, 0.6) is 0 Å². The summed E-state index contributed by atoms with van der Waals surface area (Å²) in [6.45, 7) is 1.76. The predicted octanol–water partition coefficient (Wildman–Crippen LogP) is 0.871. The van der Waals surface area contributed by atoms with Crippen LogP contribution in [-0.4, -0.2) is 66.5 Å². The molecule has 0 radical (unpaired) electrons. The molecule has 1 fully saturated rings. The maximum absolute atomic E-state index is 12.6. The zero-order valence-electron chi connectivity index (χ0n) is 14.8. The number of non-ortho nitro benzene ring substituents is 1. The van der Waals surface area contributed by atoms with Gasteiger partial charge in [-0.3, -0.25) is 19.6 Å². The lowest BCUT2D eigenvalue weighted by Crippen LogP contribution is -2.40. The first kappa shape index (κ1) is 19.0. The van der Waals surface area contributed by atoms with Gasteiger partial charge in [-0.1, -0.05) is 0 Å². The Morgan fingerprint density at radius 3 is 2.52 bits per heavy atom. The first-order valence-corrected chi connectivity index (χ1v) is 9.97. The van der Waals surface area contributed by atoms with E-state index >= 15 is 0 Å². The van der Waals surface area contributed by atoms with E-state index in [1.54, 1.807) is 11.9 Å². The second-order valence-corrected chi connectivity index (χ2v) is 8.14. The molecule has 0 saturated carbocycles. The minimum atomic E-state index is -3.65. The van der Waals surface area contributed by atoms with Gasteiger partial charge in [0.2, 0.25) is 0 Å². The van der Waals surface area contributed by atoms with Gasteiger partial charge < -0.3 is 9.64 Å². The number of benzene rings is 1. The third kappa shape index (κ3) is 3.83. The number of nitro benzene ring substituents is 1. The summed E-state index contributed by atoms with van der Waals surface area (Å²) in [7, 11) is -2.10. The van der Waals surface area contributed by atoms with E-state index < -0.39 is 14.8 Å². The van der Waals surface area contributed by atoms with Crippen molar-refractivity contribution in [3.05, 3.63) is 40.1 Å². The van der Waals surface area contributed by atoms with Crippen LogP contribution in [0.4, 0.5) is 5.69 Å². The van der Waals surface area contributed by atoms with Crippen LogP contribution in [0.3, 0.4) is 0 Å². The third-order valence-electron chi connectivity index (χ3n) is 4.25. The summed E-state index contributed by atoms with van der Waals surface area (Å²) in [5.41, 5.74) is 0.318. The SMILES string of the molecule is Cn1nc(C(=O)N2CCOCC2)cc1-c1cc([N+](=O)[O-])ccc1S(C)(=O)=O. The number of nitro groups is 1. The summed E-state index contributed by atoms with van der Waals surface area (Å²) in [4.78, 5) is 24.7. The highest BCUT2D eigenvalue weighted by Crippen LogP contribution is 2.31. The van der Waals surface area contributed by atoms with Crippen LogP contribution in [0, 0.1) is 10.1 Å². The van der Waals surface area contributed by atoms with Crippen molar-refractivity contribution in [2.75, 3.05) is 32.6 Å². The second kappa shape index (κ2) is 7.08. The Balaban J connectivity index is 2.08. The molecule has 1 amide bonds. The molecular weight excluding hydrogens is 376 g/mol. The zero-order valence-corrected chi connectivity index (χ0v) is 15.6. The Morgan fingerprint density at radius 1 is 1.26 bits per heavy atom. The monoisotopic (exact) mass is 394 g/mol. The van der Waals surface area contributed by atoms with Crippen molar-refractivity contribution in [1.29, 1.82) is 0 Å². The summed E-state index contributed by atoms with van der Waals surface area (Å²) in [5.74, 6) is -0.300. The molecule has 2 aromatic rings. The van der Waals surface area contributed by atoms with Gasteiger partial charge in [0.15, 0.2) is 15.5 Å². The summed E-state index contributed by atoms with van der Waals surface area (Å²) >= 11 is 0. The van der Waals surface area contributed by atoms with E-state index in [9.17, 15) is 23.3 Å². The summed E-state index contributed by atoms with van der Waals surface area (Å²) in [6.07, 6.45) is 1.02. The van der Waals surface area contributed by atoms with Crippen molar-refractivity contribution in [2.45, 2.75) is 4.90 Å². The van der Waals surface area contributed by atoms with Gasteiger partial charge in [0.05, 0.1) is 28.7 Å². The van der Waals surface area contributed by atoms with E-state index in [0.29, 0.717) is 32.0 Å². The maximum Gasteiger partial charge on any atom is 0.274 e. The molecule has 0 unspecified atom stereocenters. The number of sulfone groups is 1. The quantitative estimate of drug-likeness (QED) is 0.556. The number of morpholine rings is 1. The van der Waals surface area contributed by atoms with Crippen molar-refractivity contribution in [2.24, 2.45) is 7.05 Å².